The van der Waals surface area contributed by atoms with Crippen LogP contribution in [0.4, 0.5) is 11.6 Å². The molecule has 0 aliphatic carbocycles. The van der Waals surface area contributed by atoms with Gasteiger partial charge < -0.3 is 20.5 Å². The van der Waals surface area contributed by atoms with Crippen molar-refractivity contribution in [2.24, 2.45) is 0 Å². The zero-order valence-corrected chi connectivity index (χ0v) is 19.1. The molecule has 3 aromatic heterocycles. The predicted molar refractivity (Wildman–Crippen MR) is 129 cm³/mol. The Balaban J connectivity index is 1.47. The first-order chi connectivity index (χ1) is 16.0. The topological polar surface area (TPSA) is 112 Å². The fourth-order valence-electron chi connectivity index (χ4n) is 4.49. The van der Waals surface area contributed by atoms with E-state index in [2.05, 4.69) is 68.7 Å². The van der Waals surface area contributed by atoms with Gasteiger partial charge >= 0.3 is 0 Å². The number of imidazole rings is 1. The molecule has 1 atom stereocenters. The number of likely N-dealkylation sites (tertiary alicyclic amines) is 1. The number of rotatable bonds is 5. The summed E-state index contributed by atoms with van der Waals surface area (Å²) in [7, 11) is 0. The van der Waals surface area contributed by atoms with Crippen LogP contribution in [0.25, 0.3) is 22.1 Å². The highest BCUT2D eigenvalue weighted by Crippen LogP contribution is 2.31. The normalized spacial score (nSPS) is 15.7. The van der Waals surface area contributed by atoms with Gasteiger partial charge in [0, 0.05) is 37.0 Å². The van der Waals surface area contributed by atoms with Crippen molar-refractivity contribution < 1.29 is 4.79 Å². The molecule has 170 valence electrons. The molecule has 0 spiro atoms. The van der Waals surface area contributed by atoms with E-state index < -0.39 is 0 Å². The summed E-state index contributed by atoms with van der Waals surface area (Å²) in [6.07, 6.45) is 4.94. The molecule has 9 heteroatoms. The molecule has 9 nitrogen and oxygen atoms in total. The molecule has 4 aromatic rings. The lowest BCUT2D eigenvalue weighted by Crippen LogP contribution is -2.41. The van der Waals surface area contributed by atoms with Crippen molar-refractivity contribution in [3.8, 4) is 0 Å². The van der Waals surface area contributed by atoms with Gasteiger partial charge in [-0.05, 0) is 38.3 Å². The molecule has 3 N–H and O–H groups in total. The van der Waals surface area contributed by atoms with Crippen LogP contribution in [0.5, 0.6) is 0 Å². The lowest BCUT2D eigenvalue weighted by molar-refractivity contribution is -0.129. The van der Waals surface area contributed by atoms with E-state index in [1.54, 1.807) is 13.3 Å². The Labute approximate surface area is 192 Å². The van der Waals surface area contributed by atoms with Crippen molar-refractivity contribution in [3.05, 3.63) is 48.0 Å². The average molecular weight is 445 g/mol. The van der Waals surface area contributed by atoms with Gasteiger partial charge in [-0.1, -0.05) is 18.2 Å². The summed E-state index contributed by atoms with van der Waals surface area (Å²) in [6.45, 7) is 7.35. The summed E-state index contributed by atoms with van der Waals surface area (Å²) in [4.78, 5) is 34.7. The maximum atomic E-state index is 11.7. The zero-order chi connectivity index (χ0) is 22.9. The molecule has 0 radical (unpaired) electrons. The van der Waals surface area contributed by atoms with E-state index in [4.69, 9.17) is 4.98 Å². The van der Waals surface area contributed by atoms with Crippen LogP contribution >= 0.6 is 0 Å². The molecule has 0 unspecified atom stereocenters. The quantitative estimate of drug-likeness (QED) is 0.429. The third-order valence-corrected chi connectivity index (χ3v) is 6.40. The Kier molecular flexibility index (Phi) is 5.53. The second kappa shape index (κ2) is 8.65. The Morgan fingerprint density at radius 3 is 2.76 bits per heavy atom. The highest BCUT2D eigenvalue weighted by molar-refractivity contribution is 5.86. The Bertz CT molecular complexity index is 1310. The molecular weight excluding hydrogens is 416 g/mol. The van der Waals surface area contributed by atoms with Crippen molar-refractivity contribution in [1.29, 1.82) is 0 Å². The van der Waals surface area contributed by atoms with Crippen molar-refractivity contribution in [3.63, 3.8) is 0 Å². The minimum Gasteiger partial charge on any atom is -0.367 e. The minimum atomic E-state index is -0.0722. The summed E-state index contributed by atoms with van der Waals surface area (Å²) >= 11 is 0. The Morgan fingerprint density at radius 2 is 1.97 bits per heavy atom. The lowest BCUT2D eigenvalue weighted by Gasteiger charge is -2.32. The highest BCUT2D eigenvalue weighted by atomic mass is 16.2. The number of aromatic amines is 1. The third kappa shape index (κ3) is 4.18. The number of nitrogens with one attached hydrogen (secondary N) is 3. The van der Waals surface area contributed by atoms with E-state index >= 15 is 0 Å². The van der Waals surface area contributed by atoms with Gasteiger partial charge in [-0.2, -0.15) is 0 Å². The van der Waals surface area contributed by atoms with E-state index in [1.165, 1.54) is 6.33 Å². The van der Waals surface area contributed by atoms with Gasteiger partial charge in [0.1, 0.15) is 17.7 Å². The smallest absolute Gasteiger partial charge is 0.219 e. The number of carbonyl (C=O) groups is 1. The number of nitrogens with zero attached hydrogens (tertiary/aromatic N) is 5. The third-order valence-electron chi connectivity index (χ3n) is 6.40. The molecular formula is C24H28N8O. The first-order valence-corrected chi connectivity index (χ1v) is 11.3. The number of pyridine rings is 1. The molecule has 0 saturated carbocycles. The number of carbonyl (C=O) groups excluding carboxylic acids is 1. The summed E-state index contributed by atoms with van der Waals surface area (Å²) in [5.41, 5.74) is 4.60. The fraction of sp³-hybridized carbons (Fsp3) is 0.375. The summed E-state index contributed by atoms with van der Waals surface area (Å²) in [5.74, 6) is 1.69. The van der Waals surface area contributed by atoms with Gasteiger partial charge in [0.2, 0.25) is 5.91 Å². The van der Waals surface area contributed by atoms with Crippen molar-refractivity contribution in [2.75, 3.05) is 23.7 Å². The van der Waals surface area contributed by atoms with Gasteiger partial charge in [-0.3, -0.25) is 4.79 Å². The largest absolute Gasteiger partial charge is 0.367 e. The second-order valence-electron chi connectivity index (χ2n) is 8.69. The number of H-pyrrole nitrogens is 1. The molecule has 1 fully saturated rings. The standard InChI is InChI=1S/C24H28N8O/c1-14-5-4-6-17-11-19(15(2)29-24-21-23(26-12-25-21)27-13-28-24)22(31-20(14)17)30-18-7-9-32(10-8-18)16(3)33/h4-6,11-13,15,18H,7-10H2,1-3H3,(H,30,31)(H2,25,26,27,28,29)/t15-/m0/s1. The Hall–Kier alpha value is -3.75. The first kappa shape index (κ1) is 21.1. The molecule has 4 heterocycles. The Morgan fingerprint density at radius 1 is 1.15 bits per heavy atom. The number of piperidine rings is 1. The van der Waals surface area contributed by atoms with E-state index in [9.17, 15) is 4.79 Å². The van der Waals surface area contributed by atoms with E-state index in [0.29, 0.717) is 17.0 Å². The molecule has 33 heavy (non-hydrogen) atoms. The molecule has 1 aromatic carbocycles. The number of fused-ring (bicyclic) bond motifs is 2. The van der Waals surface area contributed by atoms with Crippen LogP contribution < -0.4 is 10.6 Å². The second-order valence-corrected chi connectivity index (χ2v) is 8.69. The van der Waals surface area contributed by atoms with Gasteiger partial charge in [-0.25, -0.2) is 19.9 Å². The molecule has 1 aliphatic heterocycles. The van der Waals surface area contributed by atoms with Crippen LogP contribution in [0.15, 0.2) is 36.9 Å². The van der Waals surface area contributed by atoms with Crippen LogP contribution in [0.2, 0.25) is 0 Å². The number of aryl methyl sites for hydroxylation is 1. The van der Waals surface area contributed by atoms with Crippen molar-refractivity contribution in [2.45, 2.75) is 45.7 Å². The van der Waals surface area contributed by atoms with Crippen LogP contribution in [-0.2, 0) is 4.79 Å². The van der Waals surface area contributed by atoms with Crippen LogP contribution in [-0.4, -0.2) is 54.9 Å². The number of hydrogen-bond donors (Lipinski definition) is 3. The average Bonchev–Trinajstić information content (AvgIpc) is 3.29. The maximum absolute atomic E-state index is 11.7. The zero-order valence-electron chi connectivity index (χ0n) is 19.1. The first-order valence-electron chi connectivity index (χ1n) is 11.3. The minimum absolute atomic E-state index is 0.0722. The monoisotopic (exact) mass is 444 g/mol. The van der Waals surface area contributed by atoms with E-state index in [1.807, 2.05) is 4.90 Å². The fourth-order valence-corrected chi connectivity index (χ4v) is 4.49. The van der Waals surface area contributed by atoms with Crippen LogP contribution in [0.3, 0.4) is 0 Å². The number of aromatic nitrogens is 5. The molecule has 5 rings (SSSR count). The van der Waals surface area contributed by atoms with Crippen molar-refractivity contribution >= 4 is 39.6 Å². The van der Waals surface area contributed by atoms with Gasteiger partial charge in [-0.15, -0.1) is 0 Å². The lowest BCUT2D eigenvalue weighted by atomic mass is 10.0. The summed E-state index contributed by atoms with van der Waals surface area (Å²) in [5, 5.41) is 8.28. The van der Waals surface area contributed by atoms with E-state index in [-0.39, 0.29) is 18.0 Å². The SMILES string of the molecule is CC(=O)N1CCC(Nc2nc3c(C)cccc3cc2[C@H](C)Nc2ncnc3[nH]cnc23)CC1. The summed E-state index contributed by atoms with van der Waals surface area (Å²) in [6, 6.07) is 8.62. The summed E-state index contributed by atoms with van der Waals surface area (Å²) < 4.78 is 0. The van der Waals surface area contributed by atoms with Gasteiger partial charge in [0.25, 0.3) is 0 Å². The van der Waals surface area contributed by atoms with Crippen molar-refractivity contribution in [1.82, 2.24) is 29.8 Å². The van der Waals surface area contributed by atoms with Crippen LogP contribution in [0.1, 0.15) is 43.9 Å². The van der Waals surface area contributed by atoms with Gasteiger partial charge in [0.05, 0.1) is 17.9 Å². The highest BCUT2D eigenvalue weighted by Gasteiger charge is 2.23. The molecule has 1 aliphatic rings. The number of amides is 1. The molecule has 1 amide bonds. The molecule has 0 bridgehead atoms. The van der Waals surface area contributed by atoms with Gasteiger partial charge in [0.15, 0.2) is 11.5 Å². The number of hydrogen-bond acceptors (Lipinski definition) is 7. The molecule has 1 saturated heterocycles. The van der Waals surface area contributed by atoms with E-state index in [0.717, 1.165) is 53.8 Å². The number of benzene rings is 1. The number of anilines is 2. The maximum Gasteiger partial charge on any atom is 0.219 e. The predicted octanol–water partition coefficient (Wildman–Crippen LogP) is 3.81. The van der Waals surface area contributed by atoms with Crippen LogP contribution in [0, 0.1) is 6.92 Å². The number of para-hydroxylation sites is 1.